The van der Waals surface area contributed by atoms with E-state index in [-0.39, 0.29) is 17.9 Å². The molecule has 7 heteroatoms. The van der Waals surface area contributed by atoms with Crippen LogP contribution in [0.15, 0.2) is 10.6 Å². The van der Waals surface area contributed by atoms with Gasteiger partial charge in [-0.05, 0) is 32.6 Å². The lowest BCUT2D eigenvalue weighted by molar-refractivity contribution is -0.126. The lowest BCUT2D eigenvalue weighted by Crippen LogP contribution is -2.41. The number of anilines is 1. The van der Waals surface area contributed by atoms with Crippen molar-refractivity contribution in [3.05, 3.63) is 11.8 Å². The van der Waals surface area contributed by atoms with Crippen molar-refractivity contribution < 1.29 is 14.1 Å². The summed E-state index contributed by atoms with van der Waals surface area (Å²) in [7, 11) is 0. The van der Waals surface area contributed by atoms with Crippen molar-refractivity contribution in [2.45, 2.75) is 32.7 Å². The Morgan fingerprint density at radius 3 is 2.95 bits per heavy atom. The van der Waals surface area contributed by atoms with Gasteiger partial charge in [-0.2, -0.15) is 0 Å². The topological polar surface area (TPSA) is 78.7 Å². The second-order valence-corrected chi connectivity index (χ2v) is 5.95. The molecule has 2 aliphatic rings. The molecule has 7 nitrogen and oxygen atoms in total. The predicted octanol–water partition coefficient (Wildman–Crippen LogP) is 0.822. The zero-order chi connectivity index (χ0) is 15.0. The monoisotopic (exact) mass is 292 g/mol. The Morgan fingerprint density at radius 1 is 1.57 bits per heavy atom. The Bertz CT molecular complexity index is 552. The highest BCUT2D eigenvalue weighted by atomic mass is 16.5. The number of hydrogen-bond acceptors (Lipinski definition) is 5. The number of rotatable bonds is 5. The molecule has 1 N–H and O–H groups in total. The molecule has 1 saturated carbocycles. The molecule has 1 saturated heterocycles. The first-order valence-corrected chi connectivity index (χ1v) is 7.29. The summed E-state index contributed by atoms with van der Waals surface area (Å²) in [4.78, 5) is 27.9. The van der Waals surface area contributed by atoms with Crippen LogP contribution < -0.4 is 5.32 Å². The van der Waals surface area contributed by atoms with Crippen LogP contribution in [0.2, 0.25) is 0 Å². The number of amides is 2. The summed E-state index contributed by atoms with van der Waals surface area (Å²) >= 11 is 0. The van der Waals surface area contributed by atoms with E-state index < -0.39 is 0 Å². The number of hydrogen-bond donors (Lipinski definition) is 1. The molecule has 114 valence electrons. The number of carbonyl (C=O) groups is 2. The molecule has 0 bridgehead atoms. The third-order valence-electron chi connectivity index (χ3n) is 4.02. The van der Waals surface area contributed by atoms with Crippen molar-refractivity contribution >= 4 is 17.7 Å². The third-order valence-corrected chi connectivity index (χ3v) is 4.02. The first-order chi connectivity index (χ1) is 10.0. The SMILES string of the molecule is Cc1cc(NC(=O)C(C)N2CC(=O)N(CC3CC3)C2)on1. The normalized spacial score (nSPS) is 20.9. The van der Waals surface area contributed by atoms with E-state index in [1.54, 1.807) is 19.9 Å². The molecule has 1 aromatic rings. The van der Waals surface area contributed by atoms with Crippen LogP contribution in [0.5, 0.6) is 0 Å². The summed E-state index contributed by atoms with van der Waals surface area (Å²) in [6.07, 6.45) is 2.43. The molecule has 1 aliphatic heterocycles. The minimum Gasteiger partial charge on any atom is -0.338 e. The standard InChI is InChI=1S/C14H20N4O3/c1-9-5-12(21-16-9)15-14(20)10(2)17-7-13(19)18(8-17)6-11-3-4-11/h5,10-11H,3-4,6-8H2,1-2H3,(H,15,20). The highest BCUT2D eigenvalue weighted by molar-refractivity contribution is 5.94. The number of aryl methyl sites for hydroxylation is 1. The van der Waals surface area contributed by atoms with Crippen LogP contribution in [0.1, 0.15) is 25.5 Å². The maximum atomic E-state index is 12.2. The van der Waals surface area contributed by atoms with E-state index in [0.29, 0.717) is 30.7 Å². The van der Waals surface area contributed by atoms with Crippen LogP contribution in [0.4, 0.5) is 5.88 Å². The molecule has 2 fully saturated rings. The number of nitrogens with one attached hydrogen (secondary N) is 1. The van der Waals surface area contributed by atoms with Crippen LogP contribution in [0.3, 0.4) is 0 Å². The molecular weight excluding hydrogens is 272 g/mol. The van der Waals surface area contributed by atoms with Crippen molar-refractivity contribution in [1.82, 2.24) is 15.0 Å². The number of aromatic nitrogens is 1. The van der Waals surface area contributed by atoms with Gasteiger partial charge in [0.2, 0.25) is 17.7 Å². The zero-order valence-corrected chi connectivity index (χ0v) is 12.3. The van der Waals surface area contributed by atoms with Gasteiger partial charge in [0.25, 0.3) is 0 Å². The Hall–Kier alpha value is -1.89. The summed E-state index contributed by atoms with van der Waals surface area (Å²) in [6.45, 7) is 5.24. The molecule has 1 atom stereocenters. The lowest BCUT2D eigenvalue weighted by Gasteiger charge is -2.22. The van der Waals surface area contributed by atoms with Gasteiger partial charge in [-0.1, -0.05) is 5.16 Å². The fraction of sp³-hybridized carbons (Fsp3) is 0.643. The van der Waals surface area contributed by atoms with Crippen LogP contribution in [0, 0.1) is 12.8 Å². The summed E-state index contributed by atoms with van der Waals surface area (Å²) in [6, 6.07) is 1.28. The fourth-order valence-electron chi connectivity index (χ4n) is 2.47. The molecule has 0 spiro atoms. The lowest BCUT2D eigenvalue weighted by atomic mass is 10.3. The molecule has 2 amide bonds. The molecule has 0 radical (unpaired) electrons. The van der Waals surface area contributed by atoms with E-state index in [2.05, 4.69) is 10.5 Å². The first-order valence-electron chi connectivity index (χ1n) is 7.29. The molecule has 0 aromatic carbocycles. The molecule has 3 rings (SSSR count). The minimum atomic E-state index is -0.386. The molecule has 2 heterocycles. The van der Waals surface area contributed by atoms with E-state index in [4.69, 9.17) is 4.52 Å². The quantitative estimate of drug-likeness (QED) is 0.869. The van der Waals surface area contributed by atoms with Gasteiger partial charge in [-0.15, -0.1) is 0 Å². The van der Waals surface area contributed by atoms with Crippen molar-refractivity contribution in [3.8, 4) is 0 Å². The summed E-state index contributed by atoms with van der Waals surface area (Å²) in [5, 5.41) is 6.41. The number of carbonyl (C=O) groups excluding carboxylic acids is 2. The van der Waals surface area contributed by atoms with Crippen molar-refractivity contribution in [2.75, 3.05) is 25.1 Å². The maximum absolute atomic E-state index is 12.2. The van der Waals surface area contributed by atoms with Gasteiger partial charge < -0.3 is 9.42 Å². The molecule has 21 heavy (non-hydrogen) atoms. The Labute approximate surface area is 123 Å². The number of nitrogens with zero attached hydrogens (tertiary/aromatic N) is 3. The van der Waals surface area contributed by atoms with E-state index in [1.165, 1.54) is 12.8 Å². The van der Waals surface area contributed by atoms with E-state index in [1.807, 2.05) is 9.80 Å². The minimum absolute atomic E-state index is 0.108. The molecule has 1 aromatic heterocycles. The summed E-state index contributed by atoms with van der Waals surface area (Å²) in [5.74, 6) is 0.921. The highest BCUT2D eigenvalue weighted by Crippen LogP contribution is 2.30. The second-order valence-electron chi connectivity index (χ2n) is 5.95. The van der Waals surface area contributed by atoms with E-state index in [0.717, 1.165) is 6.54 Å². The summed E-state index contributed by atoms with van der Waals surface area (Å²) < 4.78 is 4.97. The largest absolute Gasteiger partial charge is 0.338 e. The van der Waals surface area contributed by atoms with Crippen molar-refractivity contribution in [2.24, 2.45) is 5.92 Å². The average molecular weight is 292 g/mol. The van der Waals surface area contributed by atoms with E-state index in [9.17, 15) is 9.59 Å². The summed E-state index contributed by atoms with van der Waals surface area (Å²) in [5.41, 5.74) is 0.713. The van der Waals surface area contributed by atoms with Gasteiger partial charge in [0.1, 0.15) is 0 Å². The van der Waals surface area contributed by atoms with Gasteiger partial charge in [-0.25, -0.2) is 0 Å². The second kappa shape index (κ2) is 5.48. The van der Waals surface area contributed by atoms with Gasteiger partial charge in [-0.3, -0.25) is 19.8 Å². The van der Waals surface area contributed by atoms with Gasteiger partial charge in [0, 0.05) is 12.6 Å². The zero-order valence-electron chi connectivity index (χ0n) is 12.3. The Morgan fingerprint density at radius 2 is 2.33 bits per heavy atom. The van der Waals surface area contributed by atoms with Crippen molar-refractivity contribution in [3.63, 3.8) is 0 Å². The highest BCUT2D eigenvalue weighted by Gasteiger charge is 2.36. The van der Waals surface area contributed by atoms with Crippen molar-refractivity contribution in [1.29, 1.82) is 0 Å². The molecule has 1 unspecified atom stereocenters. The van der Waals surface area contributed by atoms with E-state index >= 15 is 0 Å². The Balaban J connectivity index is 1.55. The predicted molar refractivity (Wildman–Crippen MR) is 75.3 cm³/mol. The van der Waals surface area contributed by atoms with Crippen LogP contribution in [-0.2, 0) is 9.59 Å². The fourth-order valence-corrected chi connectivity index (χ4v) is 2.47. The smallest absolute Gasteiger partial charge is 0.243 e. The van der Waals surface area contributed by atoms with Crippen LogP contribution in [0.25, 0.3) is 0 Å². The van der Waals surface area contributed by atoms with Gasteiger partial charge >= 0.3 is 0 Å². The average Bonchev–Trinajstić information content (AvgIpc) is 3.06. The maximum Gasteiger partial charge on any atom is 0.243 e. The third kappa shape index (κ3) is 3.24. The molecule has 1 aliphatic carbocycles. The Kier molecular flexibility index (Phi) is 3.67. The first kappa shape index (κ1) is 14.1. The van der Waals surface area contributed by atoms with Gasteiger partial charge in [0.05, 0.1) is 24.9 Å². The van der Waals surface area contributed by atoms with Gasteiger partial charge in [0.15, 0.2) is 0 Å². The van der Waals surface area contributed by atoms with Crippen LogP contribution in [-0.4, -0.2) is 52.6 Å². The van der Waals surface area contributed by atoms with Crippen LogP contribution >= 0.6 is 0 Å². The molecular formula is C14H20N4O3.